The van der Waals surface area contributed by atoms with Crippen LogP contribution in [0.3, 0.4) is 0 Å². The first-order valence-electron chi connectivity index (χ1n) is 6.48. The molecule has 0 spiro atoms. The van der Waals surface area contributed by atoms with Crippen LogP contribution in [0.1, 0.15) is 24.2 Å². The van der Waals surface area contributed by atoms with Crippen molar-refractivity contribution in [2.24, 2.45) is 0 Å². The summed E-state index contributed by atoms with van der Waals surface area (Å²) in [5.74, 6) is -0.849. The minimum absolute atomic E-state index is 0.0444. The van der Waals surface area contributed by atoms with Gasteiger partial charge in [0.2, 0.25) is 0 Å². The summed E-state index contributed by atoms with van der Waals surface area (Å²) in [6.07, 6.45) is 4.83. The lowest BCUT2D eigenvalue weighted by Gasteiger charge is -2.13. The van der Waals surface area contributed by atoms with E-state index >= 15 is 0 Å². The zero-order chi connectivity index (χ0) is 14.8. The second-order valence-electron chi connectivity index (χ2n) is 4.64. The van der Waals surface area contributed by atoms with E-state index in [1.165, 1.54) is 0 Å². The van der Waals surface area contributed by atoms with Gasteiger partial charge in [0.05, 0.1) is 11.3 Å². The Labute approximate surface area is 120 Å². The summed E-state index contributed by atoms with van der Waals surface area (Å²) in [5, 5.41) is 9.56. The van der Waals surface area contributed by atoms with E-state index in [2.05, 4.69) is 4.98 Å². The van der Waals surface area contributed by atoms with Crippen LogP contribution in [0.15, 0.2) is 41.5 Å². The molecule has 0 bridgehead atoms. The number of amides is 2. The predicted molar refractivity (Wildman–Crippen MR) is 71.0 cm³/mol. The molecule has 0 atom stereocenters. The van der Waals surface area contributed by atoms with Crippen LogP contribution in [0, 0.1) is 11.3 Å². The maximum absolute atomic E-state index is 12.1. The molecule has 2 amide bonds. The average Bonchev–Trinajstić information content (AvgIpc) is 2.78. The molecule has 1 aromatic heterocycles. The number of imide groups is 1. The van der Waals surface area contributed by atoms with E-state index in [9.17, 15) is 9.59 Å². The van der Waals surface area contributed by atoms with Gasteiger partial charge in [-0.2, -0.15) is 5.26 Å². The standard InChI is InChI=1S/C15H11N3O3/c16-8-10-4-3-5-11(17-10)9-21-18-14(19)12-6-1-2-7-13(12)15(18)20/h1,3-6H,2,7,9H2. The first kappa shape index (κ1) is 13.2. The van der Waals surface area contributed by atoms with Crippen LogP contribution in [0.25, 0.3) is 0 Å². The minimum atomic E-state index is -0.442. The molecule has 21 heavy (non-hydrogen) atoms. The van der Waals surface area contributed by atoms with Crippen LogP contribution < -0.4 is 0 Å². The Hall–Kier alpha value is -2.78. The fraction of sp³-hybridized carbons (Fsp3) is 0.200. The van der Waals surface area contributed by atoms with Crippen molar-refractivity contribution in [2.45, 2.75) is 19.4 Å². The number of nitrogens with zero attached hydrogens (tertiary/aromatic N) is 3. The summed E-state index contributed by atoms with van der Waals surface area (Å²) < 4.78 is 0. The van der Waals surface area contributed by atoms with E-state index in [4.69, 9.17) is 10.1 Å². The van der Waals surface area contributed by atoms with Crippen molar-refractivity contribution in [1.29, 1.82) is 5.26 Å². The van der Waals surface area contributed by atoms with Crippen molar-refractivity contribution in [1.82, 2.24) is 10.0 Å². The van der Waals surface area contributed by atoms with Crippen molar-refractivity contribution in [3.05, 3.63) is 52.9 Å². The SMILES string of the molecule is N#Cc1cccc(CON2C(=O)C3=C(CCC=C3)C2=O)n1. The Balaban J connectivity index is 1.72. The zero-order valence-electron chi connectivity index (χ0n) is 11.1. The second-order valence-corrected chi connectivity index (χ2v) is 4.64. The third-order valence-electron chi connectivity index (χ3n) is 3.29. The first-order chi connectivity index (χ1) is 10.2. The molecule has 6 heteroatoms. The molecule has 3 rings (SSSR count). The quantitative estimate of drug-likeness (QED) is 0.782. The number of hydroxylamine groups is 2. The lowest BCUT2D eigenvalue weighted by molar-refractivity contribution is -0.190. The second kappa shape index (κ2) is 5.31. The van der Waals surface area contributed by atoms with Crippen LogP contribution in [-0.2, 0) is 21.0 Å². The van der Waals surface area contributed by atoms with Crippen molar-refractivity contribution >= 4 is 11.8 Å². The van der Waals surface area contributed by atoms with Gasteiger partial charge in [0, 0.05) is 5.57 Å². The van der Waals surface area contributed by atoms with Gasteiger partial charge in [0.15, 0.2) is 0 Å². The van der Waals surface area contributed by atoms with Gasteiger partial charge in [-0.05, 0) is 25.0 Å². The molecule has 0 N–H and O–H groups in total. The fourth-order valence-electron chi connectivity index (χ4n) is 2.28. The van der Waals surface area contributed by atoms with Gasteiger partial charge in [0.25, 0.3) is 11.8 Å². The van der Waals surface area contributed by atoms with E-state index in [0.717, 1.165) is 11.5 Å². The Morgan fingerprint density at radius 3 is 2.95 bits per heavy atom. The number of carbonyl (C=O) groups is 2. The molecular weight excluding hydrogens is 270 g/mol. The van der Waals surface area contributed by atoms with E-state index < -0.39 is 11.8 Å². The predicted octanol–water partition coefficient (Wildman–Crippen LogP) is 1.40. The molecule has 104 valence electrons. The Bertz CT molecular complexity index is 728. The van der Waals surface area contributed by atoms with Crippen LogP contribution in [0.2, 0.25) is 0 Å². The third kappa shape index (κ3) is 2.35. The summed E-state index contributed by atoms with van der Waals surface area (Å²) >= 11 is 0. The van der Waals surface area contributed by atoms with Gasteiger partial charge in [0.1, 0.15) is 18.4 Å². The van der Waals surface area contributed by atoms with Gasteiger partial charge in [-0.1, -0.05) is 18.2 Å². The molecule has 0 saturated carbocycles. The number of hydrogen-bond acceptors (Lipinski definition) is 5. The number of nitriles is 1. The lowest BCUT2D eigenvalue weighted by Crippen LogP contribution is -2.31. The third-order valence-corrected chi connectivity index (χ3v) is 3.29. The van der Waals surface area contributed by atoms with Crippen LogP contribution >= 0.6 is 0 Å². The van der Waals surface area contributed by atoms with E-state index in [1.54, 1.807) is 24.3 Å². The van der Waals surface area contributed by atoms with Gasteiger partial charge in [-0.15, -0.1) is 5.06 Å². The van der Waals surface area contributed by atoms with E-state index in [-0.39, 0.29) is 12.3 Å². The highest BCUT2D eigenvalue weighted by atomic mass is 16.7. The largest absolute Gasteiger partial charge is 0.285 e. The summed E-state index contributed by atoms with van der Waals surface area (Å²) in [7, 11) is 0. The number of rotatable bonds is 3. The number of allylic oxidation sites excluding steroid dienone is 1. The summed E-state index contributed by atoms with van der Waals surface area (Å²) in [6, 6.07) is 6.83. The highest BCUT2D eigenvalue weighted by Gasteiger charge is 2.38. The normalized spacial score (nSPS) is 17.2. The molecule has 0 aromatic carbocycles. The van der Waals surface area contributed by atoms with Crippen LogP contribution in [-0.4, -0.2) is 21.9 Å². The molecule has 1 aliphatic carbocycles. The van der Waals surface area contributed by atoms with E-state index in [0.29, 0.717) is 23.3 Å². The van der Waals surface area contributed by atoms with Gasteiger partial charge < -0.3 is 0 Å². The van der Waals surface area contributed by atoms with Crippen LogP contribution in [0.4, 0.5) is 0 Å². The van der Waals surface area contributed by atoms with Crippen molar-refractivity contribution < 1.29 is 14.4 Å². The maximum atomic E-state index is 12.1. The highest BCUT2D eigenvalue weighted by molar-refractivity contribution is 6.20. The highest BCUT2D eigenvalue weighted by Crippen LogP contribution is 2.29. The average molecular weight is 281 g/mol. The molecule has 2 heterocycles. The summed E-state index contributed by atoms with van der Waals surface area (Å²) in [4.78, 5) is 33.5. The molecule has 0 saturated heterocycles. The monoisotopic (exact) mass is 281 g/mol. The topological polar surface area (TPSA) is 83.3 Å². The number of hydrogen-bond donors (Lipinski definition) is 0. The maximum Gasteiger partial charge on any atom is 0.285 e. The molecule has 2 aliphatic rings. The molecule has 0 unspecified atom stereocenters. The van der Waals surface area contributed by atoms with Gasteiger partial charge in [-0.3, -0.25) is 14.4 Å². The first-order valence-corrected chi connectivity index (χ1v) is 6.48. The Kier molecular flexibility index (Phi) is 3.34. The molecule has 1 aromatic rings. The van der Waals surface area contributed by atoms with Gasteiger partial charge in [-0.25, -0.2) is 4.98 Å². The van der Waals surface area contributed by atoms with Crippen molar-refractivity contribution in [3.63, 3.8) is 0 Å². The number of carbonyl (C=O) groups excluding carboxylic acids is 2. The smallest absolute Gasteiger partial charge is 0.267 e. The molecule has 1 aliphatic heterocycles. The zero-order valence-corrected chi connectivity index (χ0v) is 11.1. The molecular formula is C15H11N3O3. The lowest BCUT2D eigenvalue weighted by atomic mass is 10.00. The Morgan fingerprint density at radius 1 is 1.33 bits per heavy atom. The van der Waals surface area contributed by atoms with Crippen molar-refractivity contribution in [3.8, 4) is 6.07 Å². The van der Waals surface area contributed by atoms with E-state index in [1.807, 2.05) is 12.1 Å². The minimum Gasteiger partial charge on any atom is -0.267 e. The summed E-state index contributed by atoms with van der Waals surface area (Å²) in [6.45, 7) is -0.0444. The van der Waals surface area contributed by atoms with Crippen LogP contribution in [0.5, 0.6) is 0 Å². The summed E-state index contributed by atoms with van der Waals surface area (Å²) in [5.41, 5.74) is 1.65. The number of pyridine rings is 1. The van der Waals surface area contributed by atoms with Gasteiger partial charge >= 0.3 is 0 Å². The molecule has 0 fully saturated rings. The Morgan fingerprint density at radius 2 is 2.19 bits per heavy atom. The van der Waals surface area contributed by atoms with Crippen molar-refractivity contribution in [2.75, 3.05) is 0 Å². The molecule has 0 radical (unpaired) electrons. The molecule has 6 nitrogen and oxygen atoms in total. The fourth-order valence-corrected chi connectivity index (χ4v) is 2.28. The number of aromatic nitrogens is 1.